The van der Waals surface area contributed by atoms with Gasteiger partial charge < -0.3 is 4.74 Å². The Morgan fingerprint density at radius 1 is 1.55 bits per heavy atom. The topological polar surface area (TPSA) is 61.5 Å². The zero-order valence-corrected chi connectivity index (χ0v) is 7.00. The van der Waals surface area contributed by atoms with E-state index in [1.165, 1.54) is 0 Å². The highest BCUT2D eigenvalue weighted by Gasteiger charge is 2.17. The molecule has 0 radical (unpaired) electrons. The van der Waals surface area contributed by atoms with E-state index in [2.05, 4.69) is 4.84 Å². The van der Waals surface area contributed by atoms with Gasteiger partial charge in [-0.1, -0.05) is 13.3 Å². The third-order valence-corrected chi connectivity index (χ3v) is 1.26. The molecule has 0 aromatic heterocycles. The maximum Gasteiger partial charge on any atom is 0.337 e. The van der Waals surface area contributed by atoms with E-state index in [4.69, 9.17) is 10.6 Å². The Morgan fingerprint density at radius 2 is 2.18 bits per heavy atom. The molecule has 0 amide bonds. The largest absolute Gasteiger partial charge is 0.464 e. The minimum absolute atomic E-state index is 0.363. The number of nitrogens with two attached hydrogens (primary N) is 1. The molecule has 1 atom stereocenters. The molecule has 66 valence electrons. The molecule has 0 aromatic carbocycles. The summed E-state index contributed by atoms with van der Waals surface area (Å²) in [5.41, 5.74) is 0. The molecule has 0 aliphatic carbocycles. The standard InChI is InChI=1S/C7H15NO3/c1-3-5-6(11-8)7(9)10-4-2/h6H,3-5,8H2,1-2H3. The summed E-state index contributed by atoms with van der Waals surface area (Å²) < 4.78 is 4.70. The van der Waals surface area contributed by atoms with E-state index in [-0.39, 0.29) is 5.97 Å². The minimum atomic E-state index is -0.597. The zero-order chi connectivity index (χ0) is 8.69. The lowest BCUT2D eigenvalue weighted by Gasteiger charge is -2.10. The first-order chi connectivity index (χ1) is 5.26. The first-order valence-electron chi connectivity index (χ1n) is 3.78. The van der Waals surface area contributed by atoms with Crippen molar-refractivity contribution in [3.63, 3.8) is 0 Å². The summed E-state index contributed by atoms with van der Waals surface area (Å²) in [6.45, 7) is 4.06. The minimum Gasteiger partial charge on any atom is -0.464 e. The Hall–Kier alpha value is -0.610. The van der Waals surface area contributed by atoms with Crippen molar-refractivity contribution in [1.82, 2.24) is 0 Å². The Morgan fingerprint density at radius 3 is 2.55 bits per heavy atom. The molecule has 0 aliphatic rings. The molecule has 4 heteroatoms. The maximum absolute atomic E-state index is 10.9. The summed E-state index contributed by atoms with van der Waals surface area (Å²) in [6, 6.07) is 0. The van der Waals surface area contributed by atoms with Crippen LogP contribution in [0.4, 0.5) is 0 Å². The van der Waals surface area contributed by atoms with E-state index in [1.54, 1.807) is 6.92 Å². The predicted octanol–water partition coefficient (Wildman–Crippen LogP) is 0.609. The van der Waals surface area contributed by atoms with Crippen LogP contribution < -0.4 is 5.90 Å². The lowest BCUT2D eigenvalue weighted by atomic mass is 10.2. The molecule has 0 aliphatic heterocycles. The van der Waals surface area contributed by atoms with Crippen LogP contribution in [0.15, 0.2) is 0 Å². The molecule has 0 saturated carbocycles. The lowest BCUT2D eigenvalue weighted by molar-refractivity contribution is -0.157. The van der Waals surface area contributed by atoms with Crippen molar-refractivity contribution in [3.05, 3.63) is 0 Å². The van der Waals surface area contributed by atoms with Gasteiger partial charge in [-0.2, -0.15) is 0 Å². The van der Waals surface area contributed by atoms with Gasteiger partial charge in [0.25, 0.3) is 0 Å². The molecule has 0 fully saturated rings. The van der Waals surface area contributed by atoms with Gasteiger partial charge in [0.15, 0.2) is 6.10 Å². The summed E-state index contributed by atoms with van der Waals surface area (Å²) in [7, 11) is 0. The number of ether oxygens (including phenoxy) is 1. The van der Waals surface area contributed by atoms with E-state index in [0.717, 1.165) is 6.42 Å². The first-order valence-corrected chi connectivity index (χ1v) is 3.78. The summed E-state index contributed by atoms with van der Waals surface area (Å²) in [4.78, 5) is 15.4. The number of esters is 1. The van der Waals surface area contributed by atoms with Gasteiger partial charge >= 0.3 is 5.97 Å². The third kappa shape index (κ3) is 3.95. The number of rotatable bonds is 5. The van der Waals surface area contributed by atoms with Crippen molar-refractivity contribution in [2.24, 2.45) is 5.90 Å². The molecule has 4 nitrogen and oxygen atoms in total. The average Bonchev–Trinajstić information content (AvgIpc) is 2.00. The highest BCUT2D eigenvalue weighted by molar-refractivity contribution is 5.74. The molecule has 1 unspecified atom stereocenters. The second-order valence-electron chi connectivity index (χ2n) is 2.17. The van der Waals surface area contributed by atoms with Gasteiger partial charge in [0.1, 0.15) is 0 Å². The third-order valence-electron chi connectivity index (χ3n) is 1.26. The maximum atomic E-state index is 10.9. The molecule has 0 aromatic rings. The summed E-state index contributed by atoms with van der Waals surface area (Å²) in [6.07, 6.45) is 0.857. The SMILES string of the molecule is CCCC(ON)C(=O)OCC. The van der Waals surface area contributed by atoms with Crippen LogP contribution in [0.2, 0.25) is 0 Å². The number of carbonyl (C=O) groups excluding carboxylic acids is 1. The molecule has 0 saturated heterocycles. The van der Waals surface area contributed by atoms with Crippen LogP contribution in [0.3, 0.4) is 0 Å². The molecule has 11 heavy (non-hydrogen) atoms. The fourth-order valence-electron chi connectivity index (χ4n) is 0.739. The van der Waals surface area contributed by atoms with E-state index in [0.29, 0.717) is 13.0 Å². The van der Waals surface area contributed by atoms with Gasteiger partial charge in [0.05, 0.1) is 6.61 Å². The quantitative estimate of drug-likeness (QED) is 0.474. The smallest absolute Gasteiger partial charge is 0.337 e. The van der Waals surface area contributed by atoms with Gasteiger partial charge in [-0.15, -0.1) is 0 Å². The van der Waals surface area contributed by atoms with E-state index < -0.39 is 6.10 Å². The molecule has 0 bridgehead atoms. The van der Waals surface area contributed by atoms with Gasteiger partial charge in [-0.25, -0.2) is 10.7 Å². The van der Waals surface area contributed by atoms with Gasteiger partial charge in [-0.05, 0) is 13.3 Å². The number of hydrogen-bond donors (Lipinski definition) is 1. The van der Waals surface area contributed by atoms with Crippen LogP contribution in [0.25, 0.3) is 0 Å². The fraction of sp³-hybridized carbons (Fsp3) is 0.857. The van der Waals surface area contributed by atoms with Crippen molar-refractivity contribution in [2.75, 3.05) is 6.61 Å². The monoisotopic (exact) mass is 161 g/mol. The van der Waals surface area contributed by atoms with E-state index in [9.17, 15) is 4.79 Å². The Balaban J connectivity index is 3.71. The summed E-state index contributed by atoms with van der Waals surface area (Å²) >= 11 is 0. The van der Waals surface area contributed by atoms with Crippen LogP contribution in [-0.4, -0.2) is 18.7 Å². The van der Waals surface area contributed by atoms with Crippen LogP contribution in [0.5, 0.6) is 0 Å². The Kier molecular flexibility index (Phi) is 5.78. The van der Waals surface area contributed by atoms with Crippen molar-refractivity contribution in [1.29, 1.82) is 0 Å². The highest BCUT2D eigenvalue weighted by atomic mass is 16.6. The number of carbonyl (C=O) groups is 1. The molecule has 0 heterocycles. The molecular formula is C7H15NO3. The van der Waals surface area contributed by atoms with Crippen LogP contribution in [-0.2, 0) is 14.4 Å². The molecule has 0 spiro atoms. The zero-order valence-electron chi connectivity index (χ0n) is 7.00. The molecular weight excluding hydrogens is 146 g/mol. The van der Waals surface area contributed by atoms with E-state index in [1.807, 2.05) is 6.92 Å². The second-order valence-corrected chi connectivity index (χ2v) is 2.17. The van der Waals surface area contributed by atoms with E-state index >= 15 is 0 Å². The summed E-state index contributed by atoms with van der Waals surface area (Å²) in [5, 5.41) is 0. The normalized spacial score (nSPS) is 12.6. The van der Waals surface area contributed by atoms with Crippen molar-refractivity contribution in [3.8, 4) is 0 Å². The lowest BCUT2D eigenvalue weighted by Crippen LogP contribution is -2.29. The number of hydrogen-bond acceptors (Lipinski definition) is 4. The summed E-state index contributed by atoms with van der Waals surface area (Å²) in [5.74, 6) is 4.51. The predicted molar refractivity (Wildman–Crippen MR) is 40.6 cm³/mol. The van der Waals surface area contributed by atoms with Gasteiger partial charge in [-0.3, -0.25) is 4.84 Å². The van der Waals surface area contributed by atoms with Crippen LogP contribution >= 0.6 is 0 Å². The highest BCUT2D eigenvalue weighted by Crippen LogP contribution is 2.01. The van der Waals surface area contributed by atoms with Crippen molar-refractivity contribution in [2.45, 2.75) is 32.8 Å². The fourth-order valence-corrected chi connectivity index (χ4v) is 0.739. The van der Waals surface area contributed by atoms with Crippen LogP contribution in [0, 0.1) is 0 Å². The Labute approximate surface area is 66.6 Å². The Bertz CT molecular complexity index is 116. The van der Waals surface area contributed by atoms with Gasteiger partial charge in [0, 0.05) is 0 Å². The first kappa shape index (κ1) is 10.4. The van der Waals surface area contributed by atoms with Crippen molar-refractivity contribution >= 4 is 5.97 Å². The van der Waals surface area contributed by atoms with Gasteiger partial charge in [0.2, 0.25) is 0 Å². The molecule has 0 rings (SSSR count). The average molecular weight is 161 g/mol. The van der Waals surface area contributed by atoms with Crippen LogP contribution in [0.1, 0.15) is 26.7 Å². The molecule has 2 N–H and O–H groups in total. The van der Waals surface area contributed by atoms with Crippen molar-refractivity contribution < 1.29 is 14.4 Å². The second kappa shape index (κ2) is 6.12.